The van der Waals surface area contributed by atoms with Gasteiger partial charge in [0.05, 0.1) is 35.0 Å². The normalized spacial score (nSPS) is 19.3. The zero-order valence-electron chi connectivity index (χ0n) is 23.3. The third-order valence-electron chi connectivity index (χ3n) is 7.20. The summed E-state index contributed by atoms with van der Waals surface area (Å²) < 4.78 is 18.4. The first kappa shape index (κ1) is 28.1. The number of hydrogen-bond acceptors (Lipinski definition) is 8. The van der Waals surface area contributed by atoms with Crippen molar-refractivity contribution in [2.24, 2.45) is 0 Å². The molecule has 0 radical (unpaired) electrons. The standard InChI is InChI=1S/C32H29ClN2O6S/c1-4-12-40-24-11-6-18(15-25(24)39-5-2)28-27(29(36)19-7-10-23-20(14-19)13-17(3)41-23)30(37)31(38)35(28)32-34-22-9-8-21(33)16-26(22)42-32/h6-11,14-17,28,36H,4-5,12-13H2,1-3H3. The van der Waals surface area contributed by atoms with Gasteiger partial charge in [-0.1, -0.05) is 35.9 Å². The van der Waals surface area contributed by atoms with Crippen LogP contribution < -0.4 is 19.1 Å². The second-order valence-electron chi connectivity index (χ2n) is 10.2. The van der Waals surface area contributed by atoms with Crippen molar-refractivity contribution < 1.29 is 28.9 Å². The molecule has 10 heteroatoms. The van der Waals surface area contributed by atoms with Gasteiger partial charge in [-0.2, -0.15) is 0 Å². The van der Waals surface area contributed by atoms with Gasteiger partial charge in [-0.15, -0.1) is 0 Å². The topological polar surface area (TPSA) is 98.2 Å². The van der Waals surface area contributed by atoms with E-state index in [0.29, 0.717) is 57.9 Å². The number of ether oxygens (including phenoxy) is 3. The number of fused-ring (bicyclic) bond motifs is 2. The fraction of sp³-hybridized carbons (Fsp3) is 0.281. The Morgan fingerprint density at radius 2 is 1.93 bits per heavy atom. The van der Waals surface area contributed by atoms with Gasteiger partial charge in [0.1, 0.15) is 17.6 Å². The van der Waals surface area contributed by atoms with Crippen LogP contribution in [0.4, 0.5) is 5.13 Å². The summed E-state index contributed by atoms with van der Waals surface area (Å²) in [5, 5.41) is 12.5. The lowest BCUT2D eigenvalue weighted by molar-refractivity contribution is -0.132. The number of Topliss-reactive ketones (excluding diaryl/α,β-unsaturated/α-hetero) is 1. The van der Waals surface area contributed by atoms with Crippen LogP contribution in [-0.4, -0.2) is 41.1 Å². The molecule has 0 saturated carbocycles. The molecule has 1 N–H and O–H groups in total. The zero-order valence-corrected chi connectivity index (χ0v) is 24.9. The van der Waals surface area contributed by atoms with E-state index in [0.717, 1.165) is 22.4 Å². The van der Waals surface area contributed by atoms with E-state index in [1.165, 1.54) is 16.2 Å². The van der Waals surface area contributed by atoms with Crippen molar-refractivity contribution in [3.8, 4) is 17.2 Å². The SMILES string of the molecule is CCCOc1ccc(C2C(=C(O)c3ccc4c(c3)CC(C)O4)C(=O)C(=O)N2c2nc3ccc(Cl)cc3s2)cc1OCC. The maximum absolute atomic E-state index is 13.7. The van der Waals surface area contributed by atoms with Crippen molar-refractivity contribution in [2.45, 2.75) is 45.8 Å². The van der Waals surface area contributed by atoms with Crippen molar-refractivity contribution in [3.05, 3.63) is 81.9 Å². The molecule has 1 saturated heterocycles. The summed E-state index contributed by atoms with van der Waals surface area (Å²) in [6.07, 6.45) is 1.51. The molecule has 3 aromatic carbocycles. The van der Waals surface area contributed by atoms with E-state index < -0.39 is 17.7 Å². The molecule has 1 aromatic heterocycles. The molecule has 8 nitrogen and oxygen atoms in total. The highest BCUT2D eigenvalue weighted by molar-refractivity contribution is 7.22. The van der Waals surface area contributed by atoms with Crippen LogP contribution in [0.5, 0.6) is 17.2 Å². The van der Waals surface area contributed by atoms with E-state index in [2.05, 4.69) is 4.98 Å². The number of ketones is 1. The highest BCUT2D eigenvalue weighted by Gasteiger charge is 2.48. The summed E-state index contributed by atoms with van der Waals surface area (Å²) in [5.74, 6) is -0.0707. The molecule has 0 spiro atoms. The summed E-state index contributed by atoms with van der Waals surface area (Å²) in [7, 11) is 0. The molecular formula is C32H29ClN2O6S. The summed E-state index contributed by atoms with van der Waals surface area (Å²) in [5.41, 5.74) is 2.54. The number of nitrogens with zero attached hydrogens (tertiary/aromatic N) is 2. The first-order chi connectivity index (χ1) is 20.3. The van der Waals surface area contributed by atoms with Gasteiger partial charge >= 0.3 is 5.91 Å². The molecule has 0 aliphatic carbocycles. The van der Waals surface area contributed by atoms with Crippen molar-refractivity contribution in [1.82, 2.24) is 4.98 Å². The van der Waals surface area contributed by atoms with Crippen LogP contribution in [0.25, 0.3) is 16.0 Å². The Kier molecular flexibility index (Phi) is 7.55. The lowest BCUT2D eigenvalue weighted by Gasteiger charge is -2.24. The number of carbonyl (C=O) groups excluding carboxylic acids is 2. The van der Waals surface area contributed by atoms with Crippen LogP contribution in [0.1, 0.15) is 49.9 Å². The van der Waals surface area contributed by atoms with E-state index in [1.807, 2.05) is 26.8 Å². The van der Waals surface area contributed by atoms with Gasteiger partial charge in [0.2, 0.25) is 0 Å². The van der Waals surface area contributed by atoms with E-state index in [9.17, 15) is 14.7 Å². The Bertz CT molecular complexity index is 1750. The fourth-order valence-electron chi connectivity index (χ4n) is 5.35. The molecule has 2 unspecified atom stereocenters. The molecule has 1 fully saturated rings. The van der Waals surface area contributed by atoms with Gasteiger partial charge in [-0.25, -0.2) is 4.98 Å². The fourth-order valence-corrected chi connectivity index (χ4v) is 6.62. The van der Waals surface area contributed by atoms with E-state index >= 15 is 0 Å². The molecule has 2 aliphatic rings. The number of aliphatic hydroxyl groups excluding tert-OH is 1. The molecule has 3 heterocycles. The predicted molar refractivity (Wildman–Crippen MR) is 163 cm³/mol. The Morgan fingerprint density at radius 3 is 2.71 bits per heavy atom. The molecule has 2 aliphatic heterocycles. The molecule has 216 valence electrons. The summed E-state index contributed by atoms with van der Waals surface area (Å²) in [4.78, 5) is 33.5. The van der Waals surface area contributed by atoms with Gasteiger partial charge in [0, 0.05) is 17.0 Å². The minimum atomic E-state index is -0.969. The van der Waals surface area contributed by atoms with Crippen molar-refractivity contribution >= 4 is 55.7 Å². The number of aromatic nitrogens is 1. The minimum absolute atomic E-state index is 0.0148. The maximum atomic E-state index is 13.7. The van der Waals surface area contributed by atoms with Crippen LogP contribution in [-0.2, 0) is 16.0 Å². The molecular weight excluding hydrogens is 576 g/mol. The van der Waals surface area contributed by atoms with Crippen LogP contribution in [0.15, 0.2) is 60.2 Å². The molecule has 0 bridgehead atoms. The second kappa shape index (κ2) is 11.3. The van der Waals surface area contributed by atoms with Crippen LogP contribution in [0.3, 0.4) is 0 Å². The monoisotopic (exact) mass is 604 g/mol. The number of aliphatic hydroxyl groups is 1. The van der Waals surface area contributed by atoms with Crippen LogP contribution in [0.2, 0.25) is 5.02 Å². The molecule has 4 aromatic rings. The van der Waals surface area contributed by atoms with Gasteiger partial charge in [0.15, 0.2) is 16.6 Å². The van der Waals surface area contributed by atoms with E-state index in [-0.39, 0.29) is 17.4 Å². The number of rotatable bonds is 8. The Labute approximate surface area is 252 Å². The molecule has 42 heavy (non-hydrogen) atoms. The minimum Gasteiger partial charge on any atom is -0.507 e. The second-order valence-corrected chi connectivity index (χ2v) is 11.7. The maximum Gasteiger partial charge on any atom is 0.301 e. The average molecular weight is 605 g/mol. The first-order valence-corrected chi connectivity index (χ1v) is 15.0. The number of anilines is 1. The average Bonchev–Trinajstić information content (AvgIpc) is 3.63. The number of amides is 1. The van der Waals surface area contributed by atoms with E-state index in [1.54, 1.807) is 48.5 Å². The predicted octanol–water partition coefficient (Wildman–Crippen LogP) is 7.09. The smallest absolute Gasteiger partial charge is 0.301 e. The Hall–Kier alpha value is -4.08. The van der Waals surface area contributed by atoms with Gasteiger partial charge in [-0.3, -0.25) is 14.5 Å². The van der Waals surface area contributed by atoms with Crippen molar-refractivity contribution in [1.29, 1.82) is 0 Å². The summed E-state index contributed by atoms with van der Waals surface area (Å²) >= 11 is 7.46. The lowest BCUT2D eigenvalue weighted by Crippen LogP contribution is -2.29. The molecule has 2 atom stereocenters. The highest BCUT2D eigenvalue weighted by atomic mass is 35.5. The number of benzene rings is 3. The first-order valence-electron chi connectivity index (χ1n) is 13.9. The summed E-state index contributed by atoms with van der Waals surface area (Å²) in [6, 6.07) is 14.9. The highest BCUT2D eigenvalue weighted by Crippen LogP contribution is 2.46. The zero-order chi connectivity index (χ0) is 29.5. The molecule has 1 amide bonds. The van der Waals surface area contributed by atoms with Crippen LogP contribution >= 0.6 is 22.9 Å². The third-order valence-corrected chi connectivity index (χ3v) is 8.46. The third kappa shape index (κ3) is 4.97. The largest absolute Gasteiger partial charge is 0.507 e. The van der Waals surface area contributed by atoms with Gasteiger partial charge < -0.3 is 19.3 Å². The Balaban J connectivity index is 1.53. The lowest BCUT2D eigenvalue weighted by atomic mass is 9.94. The molecule has 6 rings (SSSR count). The van der Waals surface area contributed by atoms with Crippen LogP contribution in [0, 0.1) is 0 Å². The number of thiazole rings is 1. The van der Waals surface area contributed by atoms with Crippen molar-refractivity contribution in [3.63, 3.8) is 0 Å². The van der Waals surface area contributed by atoms with Crippen molar-refractivity contribution in [2.75, 3.05) is 18.1 Å². The van der Waals surface area contributed by atoms with E-state index in [4.69, 9.17) is 25.8 Å². The number of halogens is 1. The number of hydrogen-bond donors (Lipinski definition) is 1. The quantitative estimate of drug-likeness (QED) is 0.130. The van der Waals surface area contributed by atoms with Gasteiger partial charge in [0.25, 0.3) is 5.78 Å². The Morgan fingerprint density at radius 1 is 1.10 bits per heavy atom. The van der Waals surface area contributed by atoms with Gasteiger partial charge in [-0.05, 0) is 79.9 Å². The summed E-state index contributed by atoms with van der Waals surface area (Å²) in [6.45, 7) is 6.75. The number of carbonyl (C=O) groups is 2.